The van der Waals surface area contributed by atoms with Gasteiger partial charge in [-0.25, -0.2) is 0 Å². The van der Waals surface area contributed by atoms with Gasteiger partial charge in [-0.3, -0.25) is 0 Å². The molecule has 2 N–H and O–H groups in total. The summed E-state index contributed by atoms with van der Waals surface area (Å²) in [5.74, 6) is 0.671. The van der Waals surface area contributed by atoms with Crippen molar-refractivity contribution in [2.75, 3.05) is 26.4 Å². The number of hydrogen-bond donors (Lipinski definition) is 2. The second-order valence-electron chi connectivity index (χ2n) is 4.95. The van der Waals surface area contributed by atoms with Crippen molar-refractivity contribution in [3.8, 4) is 0 Å². The minimum atomic E-state index is 0.101. The van der Waals surface area contributed by atoms with Crippen LogP contribution in [0.5, 0.6) is 0 Å². The molecule has 0 spiro atoms. The number of rotatable bonds is 6. The highest BCUT2D eigenvalue weighted by atomic mass is 16.5. The summed E-state index contributed by atoms with van der Waals surface area (Å²) < 4.78 is 5.27. The molecule has 2 atom stereocenters. The summed E-state index contributed by atoms with van der Waals surface area (Å²) in [6.45, 7) is 4.34. The molecule has 100 valence electrons. The van der Waals surface area contributed by atoms with E-state index in [1.807, 2.05) is 0 Å². The normalized spacial score (nSPS) is 22.8. The Morgan fingerprint density at radius 3 is 2.78 bits per heavy atom. The predicted octanol–water partition coefficient (Wildman–Crippen LogP) is 2.22. The molecule has 2 rings (SSSR count). The molecule has 0 aliphatic heterocycles. The number of fused-ring (bicyclic) bond motifs is 1. The van der Waals surface area contributed by atoms with Crippen molar-refractivity contribution in [1.29, 1.82) is 0 Å². The minimum Gasteiger partial charge on any atom is -0.394 e. The largest absolute Gasteiger partial charge is 0.394 e. The Kier molecular flexibility index (Phi) is 5.17. The number of hydrogen-bond acceptors (Lipinski definition) is 3. The summed E-state index contributed by atoms with van der Waals surface area (Å²) in [4.78, 5) is 0. The maximum absolute atomic E-state index is 8.63. The zero-order chi connectivity index (χ0) is 12.8. The molecule has 2 unspecified atom stereocenters. The Morgan fingerprint density at radius 2 is 2.00 bits per heavy atom. The number of nitrogens with one attached hydrogen (secondary N) is 1. The summed E-state index contributed by atoms with van der Waals surface area (Å²) in [6.07, 6.45) is 2.43. The molecule has 0 saturated heterocycles. The maximum atomic E-state index is 8.63. The van der Waals surface area contributed by atoms with Crippen molar-refractivity contribution >= 4 is 0 Å². The van der Waals surface area contributed by atoms with Crippen molar-refractivity contribution in [2.45, 2.75) is 31.7 Å². The summed E-state index contributed by atoms with van der Waals surface area (Å²) in [7, 11) is 0. The fourth-order valence-corrected chi connectivity index (χ4v) is 2.69. The van der Waals surface area contributed by atoms with E-state index in [0.29, 0.717) is 25.2 Å². The van der Waals surface area contributed by atoms with Crippen LogP contribution in [0, 0.1) is 0 Å². The summed E-state index contributed by atoms with van der Waals surface area (Å²) in [6, 6.07) is 9.18. The van der Waals surface area contributed by atoms with Gasteiger partial charge in [0.1, 0.15) is 0 Å². The molecule has 3 heteroatoms. The first-order valence-corrected chi connectivity index (χ1v) is 6.83. The Balaban J connectivity index is 1.89. The molecule has 1 aliphatic rings. The third kappa shape index (κ3) is 3.31. The van der Waals surface area contributed by atoms with E-state index in [0.717, 1.165) is 6.54 Å². The van der Waals surface area contributed by atoms with Crippen LogP contribution in [0.25, 0.3) is 0 Å². The van der Waals surface area contributed by atoms with Crippen LogP contribution in [-0.4, -0.2) is 31.5 Å². The fraction of sp³-hybridized carbons (Fsp3) is 0.600. The lowest BCUT2D eigenvalue weighted by Crippen LogP contribution is -2.29. The Hall–Kier alpha value is -0.900. The first-order valence-electron chi connectivity index (χ1n) is 6.83. The van der Waals surface area contributed by atoms with Gasteiger partial charge in [0, 0.05) is 12.6 Å². The van der Waals surface area contributed by atoms with Gasteiger partial charge in [-0.2, -0.15) is 0 Å². The molecule has 1 aliphatic carbocycles. The lowest BCUT2D eigenvalue weighted by molar-refractivity contribution is 0.0922. The van der Waals surface area contributed by atoms with Crippen LogP contribution in [0.15, 0.2) is 24.3 Å². The van der Waals surface area contributed by atoms with Crippen LogP contribution in [0.2, 0.25) is 0 Å². The predicted molar refractivity (Wildman–Crippen MR) is 72.7 cm³/mol. The lowest BCUT2D eigenvalue weighted by atomic mass is 9.81. The van der Waals surface area contributed by atoms with Crippen LogP contribution in [0.4, 0.5) is 0 Å². The molecular formula is C15H23NO2. The van der Waals surface area contributed by atoms with Crippen LogP contribution in [0.1, 0.15) is 42.9 Å². The molecule has 18 heavy (non-hydrogen) atoms. The lowest BCUT2D eigenvalue weighted by Gasteiger charge is -2.30. The van der Waals surface area contributed by atoms with Gasteiger partial charge in [-0.1, -0.05) is 31.2 Å². The van der Waals surface area contributed by atoms with Crippen molar-refractivity contribution in [1.82, 2.24) is 5.32 Å². The third-order valence-corrected chi connectivity index (χ3v) is 3.66. The van der Waals surface area contributed by atoms with Gasteiger partial charge in [0.25, 0.3) is 0 Å². The number of aliphatic hydroxyl groups is 1. The molecule has 0 bridgehead atoms. The highest BCUT2D eigenvalue weighted by Crippen LogP contribution is 2.36. The first kappa shape index (κ1) is 13.5. The SMILES string of the molecule is CC1CCC(NCCOCCO)c2ccccc21. The Morgan fingerprint density at radius 1 is 1.22 bits per heavy atom. The van der Waals surface area contributed by atoms with Crippen molar-refractivity contribution in [2.24, 2.45) is 0 Å². The second kappa shape index (κ2) is 6.88. The van der Waals surface area contributed by atoms with E-state index in [2.05, 4.69) is 36.5 Å². The summed E-state index contributed by atoms with van der Waals surface area (Å²) in [5, 5.41) is 12.2. The Bertz CT molecular complexity index is 367. The van der Waals surface area contributed by atoms with Gasteiger partial charge in [-0.15, -0.1) is 0 Å². The van der Waals surface area contributed by atoms with Crippen molar-refractivity contribution in [3.63, 3.8) is 0 Å². The van der Waals surface area contributed by atoms with E-state index in [1.165, 1.54) is 24.0 Å². The van der Waals surface area contributed by atoms with Crippen LogP contribution < -0.4 is 5.32 Å². The second-order valence-corrected chi connectivity index (χ2v) is 4.95. The number of ether oxygens (including phenoxy) is 1. The van der Waals surface area contributed by atoms with E-state index in [4.69, 9.17) is 9.84 Å². The van der Waals surface area contributed by atoms with E-state index in [-0.39, 0.29) is 6.61 Å². The zero-order valence-corrected chi connectivity index (χ0v) is 11.1. The number of benzene rings is 1. The summed E-state index contributed by atoms with van der Waals surface area (Å²) in [5.41, 5.74) is 2.93. The van der Waals surface area contributed by atoms with Gasteiger partial charge >= 0.3 is 0 Å². The molecule has 0 amide bonds. The molecule has 1 aromatic carbocycles. The van der Waals surface area contributed by atoms with E-state index in [9.17, 15) is 0 Å². The summed E-state index contributed by atoms with van der Waals surface area (Å²) >= 11 is 0. The standard InChI is InChI=1S/C15H23NO2/c1-12-6-7-15(16-8-10-18-11-9-17)14-5-3-2-4-13(12)14/h2-5,12,15-17H,6-11H2,1H3. The van der Waals surface area contributed by atoms with Gasteiger partial charge in [0.05, 0.1) is 19.8 Å². The molecule has 0 heterocycles. The zero-order valence-electron chi connectivity index (χ0n) is 11.1. The highest BCUT2D eigenvalue weighted by molar-refractivity contribution is 5.34. The third-order valence-electron chi connectivity index (χ3n) is 3.66. The molecule has 0 radical (unpaired) electrons. The van der Waals surface area contributed by atoms with Gasteiger partial charge in [-0.05, 0) is 29.9 Å². The van der Waals surface area contributed by atoms with Gasteiger partial charge in [0.15, 0.2) is 0 Å². The molecule has 0 saturated carbocycles. The maximum Gasteiger partial charge on any atom is 0.0698 e. The Labute approximate surface area is 109 Å². The van der Waals surface area contributed by atoms with Crippen LogP contribution in [-0.2, 0) is 4.74 Å². The highest BCUT2D eigenvalue weighted by Gasteiger charge is 2.23. The monoisotopic (exact) mass is 249 g/mol. The molecule has 0 fully saturated rings. The first-order chi connectivity index (χ1) is 8.83. The molecule has 3 nitrogen and oxygen atoms in total. The van der Waals surface area contributed by atoms with E-state index in [1.54, 1.807) is 0 Å². The quantitative estimate of drug-likeness (QED) is 0.760. The fourth-order valence-electron chi connectivity index (χ4n) is 2.69. The van der Waals surface area contributed by atoms with E-state index < -0.39 is 0 Å². The van der Waals surface area contributed by atoms with Crippen LogP contribution in [0.3, 0.4) is 0 Å². The average Bonchev–Trinajstić information content (AvgIpc) is 2.41. The van der Waals surface area contributed by atoms with E-state index >= 15 is 0 Å². The molecular weight excluding hydrogens is 226 g/mol. The average molecular weight is 249 g/mol. The molecule has 1 aromatic rings. The minimum absolute atomic E-state index is 0.101. The molecule has 0 aromatic heterocycles. The van der Waals surface area contributed by atoms with Gasteiger partial charge in [0.2, 0.25) is 0 Å². The van der Waals surface area contributed by atoms with Crippen molar-refractivity contribution < 1.29 is 9.84 Å². The number of aliphatic hydroxyl groups excluding tert-OH is 1. The smallest absolute Gasteiger partial charge is 0.0698 e. The van der Waals surface area contributed by atoms with Gasteiger partial charge < -0.3 is 15.2 Å². The van der Waals surface area contributed by atoms with Crippen molar-refractivity contribution in [3.05, 3.63) is 35.4 Å². The topological polar surface area (TPSA) is 41.5 Å². The van der Waals surface area contributed by atoms with Crippen LogP contribution >= 0.6 is 0 Å².